The summed E-state index contributed by atoms with van der Waals surface area (Å²) in [7, 11) is 0. The predicted octanol–water partition coefficient (Wildman–Crippen LogP) is 2.77. The Hall–Kier alpha value is -1.77. The van der Waals surface area contributed by atoms with Crippen molar-refractivity contribution in [2.24, 2.45) is 0 Å². The number of para-hydroxylation sites is 1. The maximum absolute atomic E-state index is 11.6. The third-order valence-electron chi connectivity index (χ3n) is 2.67. The van der Waals surface area contributed by atoms with E-state index in [1.165, 1.54) is 0 Å². The molecule has 84 valence electrons. The maximum atomic E-state index is 11.6. The first-order chi connectivity index (χ1) is 7.74. The Labute approximate surface area is 94.6 Å². The van der Waals surface area contributed by atoms with Crippen molar-refractivity contribution in [3.05, 3.63) is 36.5 Å². The number of benzene rings is 1. The van der Waals surface area contributed by atoms with Crippen molar-refractivity contribution in [2.45, 2.75) is 19.9 Å². The van der Waals surface area contributed by atoms with Gasteiger partial charge < -0.3 is 9.30 Å². The van der Waals surface area contributed by atoms with E-state index in [9.17, 15) is 4.79 Å². The van der Waals surface area contributed by atoms with Crippen LogP contribution in [0.2, 0.25) is 0 Å². The standard InChI is InChI=1S/C13H15NO2/c1-3-16-13(15)10(2)14-9-8-11-6-4-5-7-12(11)14/h4-10H,3H2,1-2H3/t10-/m0/s1. The molecule has 0 amide bonds. The zero-order valence-electron chi connectivity index (χ0n) is 9.51. The second-order valence-electron chi connectivity index (χ2n) is 3.71. The lowest BCUT2D eigenvalue weighted by atomic mass is 10.2. The number of carbonyl (C=O) groups is 1. The average molecular weight is 217 g/mol. The Morgan fingerprint density at radius 1 is 1.38 bits per heavy atom. The van der Waals surface area contributed by atoms with Crippen LogP contribution in [0.1, 0.15) is 19.9 Å². The minimum absolute atomic E-state index is 0.191. The van der Waals surface area contributed by atoms with Crippen molar-refractivity contribution in [1.29, 1.82) is 0 Å². The molecule has 1 aromatic heterocycles. The summed E-state index contributed by atoms with van der Waals surface area (Å²) in [5.74, 6) is -0.191. The van der Waals surface area contributed by atoms with Crippen molar-refractivity contribution in [3.63, 3.8) is 0 Å². The van der Waals surface area contributed by atoms with Gasteiger partial charge in [-0.2, -0.15) is 0 Å². The number of fused-ring (bicyclic) bond motifs is 1. The fourth-order valence-electron chi connectivity index (χ4n) is 1.82. The first-order valence-electron chi connectivity index (χ1n) is 5.46. The van der Waals surface area contributed by atoms with Gasteiger partial charge in [-0.3, -0.25) is 0 Å². The molecule has 2 rings (SSSR count). The molecule has 0 saturated carbocycles. The van der Waals surface area contributed by atoms with Crippen molar-refractivity contribution in [1.82, 2.24) is 4.57 Å². The molecule has 0 aliphatic rings. The summed E-state index contributed by atoms with van der Waals surface area (Å²) in [6, 6.07) is 9.72. The number of aromatic nitrogens is 1. The first kappa shape index (κ1) is 10.7. The summed E-state index contributed by atoms with van der Waals surface area (Å²) in [5, 5.41) is 1.14. The van der Waals surface area contributed by atoms with Gasteiger partial charge in [0.2, 0.25) is 0 Å². The highest BCUT2D eigenvalue weighted by atomic mass is 16.5. The van der Waals surface area contributed by atoms with Crippen LogP contribution >= 0.6 is 0 Å². The van der Waals surface area contributed by atoms with Gasteiger partial charge in [-0.05, 0) is 31.4 Å². The lowest BCUT2D eigenvalue weighted by molar-refractivity contribution is -0.146. The third kappa shape index (κ3) is 1.81. The molecule has 0 fully saturated rings. The van der Waals surface area contributed by atoms with Gasteiger partial charge in [0.05, 0.1) is 6.61 Å². The molecule has 1 heterocycles. The SMILES string of the molecule is CCOC(=O)[C@H](C)n1ccc2ccccc21. The molecular formula is C13H15NO2. The number of ether oxygens (including phenoxy) is 1. The number of carbonyl (C=O) groups excluding carboxylic acids is 1. The van der Waals surface area contributed by atoms with Crippen LogP contribution in [0, 0.1) is 0 Å². The number of nitrogens with zero attached hydrogens (tertiary/aromatic N) is 1. The monoisotopic (exact) mass is 217 g/mol. The van der Waals surface area contributed by atoms with Crippen LogP contribution in [-0.4, -0.2) is 17.1 Å². The van der Waals surface area contributed by atoms with Gasteiger partial charge >= 0.3 is 5.97 Å². The highest BCUT2D eigenvalue weighted by Gasteiger charge is 2.16. The maximum Gasteiger partial charge on any atom is 0.328 e. The van der Waals surface area contributed by atoms with E-state index < -0.39 is 0 Å². The molecule has 0 aliphatic carbocycles. The van der Waals surface area contributed by atoms with E-state index in [1.54, 1.807) is 0 Å². The van der Waals surface area contributed by atoms with E-state index in [2.05, 4.69) is 0 Å². The number of hydrogen-bond donors (Lipinski definition) is 0. The molecule has 0 unspecified atom stereocenters. The summed E-state index contributed by atoms with van der Waals surface area (Å²) in [5.41, 5.74) is 1.06. The zero-order chi connectivity index (χ0) is 11.5. The van der Waals surface area contributed by atoms with Gasteiger partial charge in [-0.15, -0.1) is 0 Å². The van der Waals surface area contributed by atoms with Gasteiger partial charge in [0, 0.05) is 11.7 Å². The summed E-state index contributed by atoms with van der Waals surface area (Å²) >= 11 is 0. The fraction of sp³-hybridized carbons (Fsp3) is 0.308. The average Bonchev–Trinajstić information content (AvgIpc) is 2.72. The van der Waals surface area contributed by atoms with E-state index >= 15 is 0 Å². The Morgan fingerprint density at radius 2 is 2.12 bits per heavy atom. The highest BCUT2D eigenvalue weighted by Crippen LogP contribution is 2.20. The molecule has 3 nitrogen and oxygen atoms in total. The van der Waals surface area contributed by atoms with Gasteiger partial charge in [-0.1, -0.05) is 18.2 Å². The molecule has 1 atom stereocenters. The quantitative estimate of drug-likeness (QED) is 0.740. The van der Waals surface area contributed by atoms with Gasteiger partial charge in [-0.25, -0.2) is 4.79 Å². The summed E-state index contributed by atoms with van der Waals surface area (Å²) in [6.07, 6.45) is 1.92. The molecule has 16 heavy (non-hydrogen) atoms. The van der Waals surface area contributed by atoms with Gasteiger partial charge in [0.1, 0.15) is 6.04 Å². The lowest BCUT2D eigenvalue weighted by Crippen LogP contribution is -2.18. The van der Waals surface area contributed by atoms with Gasteiger partial charge in [0.25, 0.3) is 0 Å². The van der Waals surface area contributed by atoms with Crippen LogP contribution in [0.15, 0.2) is 36.5 Å². The minimum Gasteiger partial charge on any atom is -0.464 e. The normalized spacial score (nSPS) is 12.6. The second kappa shape index (κ2) is 4.39. The zero-order valence-corrected chi connectivity index (χ0v) is 9.51. The largest absolute Gasteiger partial charge is 0.464 e. The van der Waals surface area contributed by atoms with Crippen LogP contribution < -0.4 is 0 Å². The Bertz CT molecular complexity index is 501. The highest BCUT2D eigenvalue weighted by molar-refractivity contribution is 5.83. The van der Waals surface area contributed by atoms with E-state index in [1.807, 2.05) is 54.9 Å². The van der Waals surface area contributed by atoms with Crippen molar-refractivity contribution >= 4 is 16.9 Å². The molecular weight excluding hydrogens is 202 g/mol. The second-order valence-corrected chi connectivity index (χ2v) is 3.71. The molecule has 0 saturated heterocycles. The molecule has 0 spiro atoms. The molecule has 0 bridgehead atoms. The smallest absolute Gasteiger partial charge is 0.328 e. The summed E-state index contributed by atoms with van der Waals surface area (Å²) in [4.78, 5) is 11.6. The molecule has 0 N–H and O–H groups in total. The fourth-order valence-corrected chi connectivity index (χ4v) is 1.82. The van der Waals surface area contributed by atoms with E-state index in [0.717, 1.165) is 10.9 Å². The molecule has 3 heteroatoms. The van der Waals surface area contributed by atoms with E-state index in [4.69, 9.17) is 4.74 Å². The topological polar surface area (TPSA) is 31.2 Å². The molecule has 0 radical (unpaired) electrons. The van der Waals surface area contributed by atoms with Gasteiger partial charge in [0.15, 0.2) is 0 Å². The van der Waals surface area contributed by atoms with Crippen LogP contribution in [-0.2, 0) is 9.53 Å². The number of rotatable bonds is 3. The van der Waals surface area contributed by atoms with Crippen molar-refractivity contribution in [2.75, 3.05) is 6.61 Å². The van der Waals surface area contributed by atoms with Crippen LogP contribution in [0.25, 0.3) is 10.9 Å². The lowest BCUT2D eigenvalue weighted by Gasteiger charge is -2.13. The van der Waals surface area contributed by atoms with Crippen LogP contribution in [0.3, 0.4) is 0 Å². The van der Waals surface area contributed by atoms with Crippen LogP contribution in [0.5, 0.6) is 0 Å². The Morgan fingerprint density at radius 3 is 2.88 bits per heavy atom. The number of esters is 1. The van der Waals surface area contributed by atoms with E-state index in [0.29, 0.717) is 6.61 Å². The summed E-state index contributed by atoms with van der Waals surface area (Å²) < 4.78 is 6.95. The van der Waals surface area contributed by atoms with Crippen molar-refractivity contribution < 1.29 is 9.53 Å². The number of hydrogen-bond acceptors (Lipinski definition) is 2. The molecule has 1 aromatic carbocycles. The molecule has 0 aliphatic heterocycles. The predicted molar refractivity (Wildman–Crippen MR) is 63.3 cm³/mol. The Balaban J connectivity index is 2.36. The summed E-state index contributed by atoms with van der Waals surface area (Å²) in [6.45, 7) is 4.09. The third-order valence-corrected chi connectivity index (χ3v) is 2.67. The van der Waals surface area contributed by atoms with Crippen LogP contribution in [0.4, 0.5) is 0 Å². The van der Waals surface area contributed by atoms with Crippen molar-refractivity contribution in [3.8, 4) is 0 Å². The van der Waals surface area contributed by atoms with E-state index in [-0.39, 0.29) is 12.0 Å². The minimum atomic E-state index is -0.278. The first-order valence-corrected chi connectivity index (χ1v) is 5.46. The molecule has 2 aromatic rings. The Kier molecular flexibility index (Phi) is 2.95.